The van der Waals surface area contributed by atoms with Crippen LogP contribution < -0.4 is 0 Å². The second-order valence-corrected chi connectivity index (χ2v) is 5.87. The number of fused-ring (bicyclic) bond motifs is 2. The summed E-state index contributed by atoms with van der Waals surface area (Å²) in [6.07, 6.45) is 13.4. The molecule has 0 aromatic heterocycles. The average Bonchev–Trinajstić information content (AvgIpc) is 2.79. The molecule has 0 spiro atoms. The summed E-state index contributed by atoms with van der Waals surface area (Å²) >= 11 is 6.56. The van der Waals surface area contributed by atoms with Crippen molar-refractivity contribution < 1.29 is 0 Å². The molecule has 0 N–H and O–H groups in total. The lowest BCUT2D eigenvalue weighted by Gasteiger charge is -2.34. The van der Waals surface area contributed by atoms with Gasteiger partial charge in [0.2, 0.25) is 0 Å². The first-order valence-electron chi connectivity index (χ1n) is 6.18. The molecular formula is C13H19Cl. The van der Waals surface area contributed by atoms with Gasteiger partial charge in [-0.1, -0.05) is 44.3 Å². The van der Waals surface area contributed by atoms with E-state index in [1.54, 1.807) is 0 Å². The molecule has 0 heterocycles. The van der Waals surface area contributed by atoms with Crippen molar-refractivity contribution in [2.24, 2.45) is 23.7 Å². The van der Waals surface area contributed by atoms with Gasteiger partial charge >= 0.3 is 0 Å². The van der Waals surface area contributed by atoms with Crippen LogP contribution in [0.15, 0.2) is 12.2 Å². The van der Waals surface area contributed by atoms with E-state index in [1.807, 2.05) is 0 Å². The molecule has 0 amide bonds. The Hall–Kier alpha value is 0.0300. The summed E-state index contributed by atoms with van der Waals surface area (Å²) in [6.45, 7) is 0. The Balaban J connectivity index is 1.75. The van der Waals surface area contributed by atoms with Gasteiger partial charge in [-0.2, -0.15) is 0 Å². The minimum absolute atomic E-state index is 0.466. The molecule has 78 valence electrons. The summed E-state index contributed by atoms with van der Waals surface area (Å²) in [5.74, 6) is 3.33. The Morgan fingerprint density at radius 2 is 1.64 bits per heavy atom. The molecule has 3 aliphatic carbocycles. The minimum atomic E-state index is 0.466. The van der Waals surface area contributed by atoms with Gasteiger partial charge in [-0.3, -0.25) is 0 Å². The van der Waals surface area contributed by atoms with Crippen LogP contribution in [-0.2, 0) is 0 Å². The van der Waals surface area contributed by atoms with Gasteiger partial charge in [0, 0.05) is 5.38 Å². The van der Waals surface area contributed by atoms with Crippen molar-refractivity contribution in [1.29, 1.82) is 0 Å². The Morgan fingerprint density at radius 3 is 2.29 bits per heavy atom. The van der Waals surface area contributed by atoms with Crippen LogP contribution in [0, 0.1) is 23.7 Å². The molecule has 4 unspecified atom stereocenters. The maximum atomic E-state index is 6.56. The van der Waals surface area contributed by atoms with E-state index in [0.717, 1.165) is 17.8 Å². The fourth-order valence-electron chi connectivity index (χ4n) is 3.93. The third-order valence-corrected chi connectivity index (χ3v) is 5.23. The summed E-state index contributed by atoms with van der Waals surface area (Å²) in [6, 6.07) is 0. The second kappa shape index (κ2) is 3.56. The summed E-state index contributed by atoms with van der Waals surface area (Å²) in [4.78, 5) is 0. The largest absolute Gasteiger partial charge is 0.122 e. The molecular weight excluding hydrogens is 192 g/mol. The van der Waals surface area contributed by atoms with E-state index >= 15 is 0 Å². The molecule has 0 saturated heterocycles. The number of allylic oxidation sites excluding steroid dienone is 2. The van der Waals surface area contributed by atoms with Crippen LogP contribution in [-0.4, -0.2) is 5.38 Å². The summed E-state index contributed by atoms with van der Waals surface area (Å²) in [7, 11) is 0. The highest BCUT2D eigenvalue weighted by atomic mass is 35.5. The first kappa shape index (κ1) is 9.27. The number of rotatable bonds is 1. The van der Waals surface area contributed by atoms with E-state index in [2.05, 4.69) is 12.2 Å². The Labute approximate surface area is 91.7 Å². The molecule has 2 fully saturated rings. The maximum absolute atomic E-state index is 6.56. The smallest absolute Gasteiger partial charge is 0.0435 e. The highest BCUT2D eigenvalue weighted by molar-refractivity contribution is 6.21. The van der Waals surface area contributed by atoms with Crippen molar-refractivity contribution in [3.8, 4) is 0 Å². The van der Waals surface area contributed by atoms with E-state index in [9.17, 15) is 0 Å². The molecule has 2 saturated carbocycles. The number of hydrogen-bond acceptors (Lipinski definition) is 0. The highest BCUT2D eigenvalue weighted by Crippen LogP contribution is 2.52. The molecule has 4 atom stereocenters. The fourth-order valence-corrected chi connectivity index (χ4v) is 4.51. The van der Waals surface area contributed by atoms with E-state index in [4.69, 9.17) is 11.6 Å². The van der Waals surface area contributed by atoms with Gasteiger partial charge < -0.3 is 0 Å². The molecule has 0 nitrogen and oxygen atoms in total. The summed E-state index contributed by atoms with van der Waals surface area (Å²) < 4.78 is 0. The van der Waals surface area contributed by atoms with Crippen LogP contribution in [0.25, 0.3) is 0 Å². The fraction of sp³-hybridized carbons (Fsp3) is 0.846. The minimum Gasteiger partial charge on any atom is -0.122 e. The van der Waals surface area contributed by atoms with Crippen molar-refractivity contribution in [1.82, 2.24) is 0 Å². The third-order valence-electron chi connectivity index (χ3n) is 4.62. The molecule has 0 aliphatic heterocycles. The second-order valence-electron chi connectivity index (χ2n) is 5.37. The third kappa shape index (κ3) is 1.34. The van der Waals surface area contributed by atoms with Crippen LogP contribution in [0.3, 0.4) is 0 Å². The van der Waals surface area contributed by atoms with Crippen molar-refractivity contribution >= 4 is 11.6 Å². The van der Waals surface area contributed by atoms with Crippen molar-refractivity contribution in [3.63, 3.8) is 0 Å². The van der Waals surface area contributed by atoms with E-state index in [-0.39, 0.29) is 0 Å². The van der Waals surface area contributed by atoms with Gasteiger partial charge in [0.1, 0.15) is 0 Å². The molecule has 0 aromatic carbocycles. The lowest BCUT2D eigenvalue weighted by Crippen LogP contribution is -2.29. The average molecular weight is 211 g/mol. The highest BCUT2D eigenvalue weighted by Gasteiger charge is 2.46. The van der Waals surface area contributed by atoms with Gasteiger partial charge in [0.25, 0.3) is 0 Å². The van der Waals surface area contributed by atoms with Crippen molar-refractivity contribution in [3.05, 3.63) is 12.2 Å². The number of alkyl halides is 1. The zero-order valence-electron chi connectivity index (χ0n) is 8.66. The Morgan fingerprint density at radius 1 is 0.929 bits per heavy atom. The quantitative estimate of drug-likeness (QED) is 0.454. The zero-order valence-corrected chi connectivity index (χ0v) is 9.42. The monoisotopic (exact) mass is 210 g/mol. The van der Waals surface area contributed by atoms with Crippen molar-refractivity contribution in [2.45, 2.75) is 43.9 Å². The van der Waals surface area contributed by atoms with E-state index in [1.165, 1.54) is 38.5 Å². The van der Waals surface area contributed by atoms with E-state index in [0.29, 0.717) is 11.3 Å². The van der Waals surface area contributed by atoms with Crippen LogP contribution in [0.1, 0.15) is 38.5 Å². The number of halogens is 1. The van der Waals surface area contributed by atoms with Crippen molar-refractivity contribution in [2.75, 3.05) is 0 Å². The molecule has 3 rings (SSSR count). The molecule has 14 heavy (non-hydrogen) atoms. The predicted molar refractivity (Wildman–Crippen MR) is 60.4 cm³/mol. The van der Waals surface area contributed by atoms with Gasteiger partial charge in [-0.25, -0.2) is 0 Å². The van der Waals surface area contributed by atoms with E-state index < -0.39 is 0 Å². The lowest BCUT2D eigenvalue weighted by molar-refractivity contribution is 0.222. The Kier molecular flexibility index (Phi) is 2.35. The normalized spacial score (nSPS) is 47.5. The summed E-state index contributed by atoms with van der Waals surface area (Å²) in [5, 5.41) is 0.466. The molecule has 0 aromatic rings. The Bertz CT molecular complexity index is 240. The zero-order chi connectivity index (χ0) is 9.54. The maximum Gasteiger partial charge on any atom is 0.0435 e. The molecule has 3 aliphatic rings. The number of hydrogen-bond donors (Lipinski definition) is 0. The van der Waals surface area contributed by atoms with Gasteiger partial charge in [0.15, 0.2) is 0 Å². The van der Waals surface area contributed by atoms with Crippen LogP contribution in [0.4, 0.5) is 0 Å². The predicted octanol–water partition coefficient (Wildman–Crippen LogP) is 4.00. The molecule has 0 radical (unpaired) electrons. The summed E-state index contributed by atoms with van der Waals surface area (Å²) in [5.41, 5.74) is 0. The molecule has 2 bridgehead atoms. The first-order chi connectivity index (χ1) is 6.86. The topological polar surface area (TPSA) is 0 Å². The van der Waals surface area contributed by atoms with Crippen LogP contribution in [0.5, 0.6) is 0 Å². The van der Waals surface area contributed by atoms with Crippen LogP contribution >= 0.6 is 11.6 Å². The first-order valence-corrected chi connectivity index (χ1v) is 6.62. The van der Waals surface area contributed by atoms with Gasteiger partial charge in [0.05, 0.1) is 0 Å². The lowest BCUT2D eigenvalue weighted by atomic mass is 9.74. The standard InChI is InChI=1S/C13H19Cl/c14-13-11-7-6-10(8-11)12(13)9-4-2-1-3-5-9/h6-7,9-13H,1-5,8H2. The van der Waals surface area contributed by atoms with Gasteiger partial charge in [-0.15, -0.1) is 11.6 Å². The molecule has 1 heteroatoms. The SMILES string of the molecule is ClC1C2C=CC(C2)C1C1CCCCC1. The van der Waals surface area contributed by atoms with Gasteiger partial charge in [-0.05, 0) is 30.1 Å². The van der Waals surface area contributed by atoms with Crippen LogP contribution in [0.2, 0.25) is 0 Å².